The molecule has 0 amide bonds. The second-order valence-corrected chi connectivity index (χ2v) is 7.59. The first-order valence-electron chi connectivity index (χ1n) is 6.04. The van der Waals surface area contributed by atoms with Crippen LogP contribution in [0.3, 0.4) is 0 Å². The van der Waals surface area contributed by atoms with Gasteiger partial charge in [0.25, 0.3) is 0 Å². The van der Waals surface area contributed by atoms with Gasteiger partial charge < -0.3 is 0 Å². The van der Waals surface area contributed by atoms with E-state index in [-0.39, 0.29) is 15.8 Å². The van der Waals surface area contributed by atoms with Gasteiger partial charge in [0.1, 0.15) is 0 Å². The zero-order valence-electron chi connectivity index (χ0n) is 10.3. The molecule has 8 heteroatoms. The van der Waals surface area contributed by atoms with Crippen LogP contribution in [0.1, 0.15) is 24.8 Å². The molecule has 3 nitrogen and oxygen atoms in total. The predicted octanol–water partition coefficient (Wildman–Crippen LogP) is 3.30. The minimum absolute atomic E-state index is 0.0167. The van der Waals surface area contributed by atoms with Gasteiger partial charge in [0.15, 0.2) is 0 Å². The van der Waals surface area contributed by atoms with E-state index in [0.717, 1.165) is 31.0 Å². The molecule has 1 aromatic rings. The molecule has 2 unspecified atom stereocenters. The lowest BCUT2D eigenvalue weighted by atomic mass is 10.2. The summed E-state index contributed by atoms with van der Waals surface area (Å²) in [5, 5.41) is 0. The van der Waals surface area contributed by atoms with Gasteiger partial charge >= 0.3 is 6.18 Å². The number of rotatable bonds is 3. The van der Waals surface area contributed by atoms with E-state index in [1.165, 1.54) is 0 Å². The summed E-state index contributed by atoms with van der Waals surface area (Å²) in [6, 6.07) is 3.48. The number of hydrogen-bond acceptors (Lipinski definition) is 2. The fraction of sp³-hybridized carbons (Fsp3) is 0.500. The number of benzene rings is 1. The lowest BCUT2D eigenvalue weighted by Crippen LogP contribution is -2.37. The molecule has 1 saturated carbocycles. The largest absolute Gasteiger partial charge is 0.416 e. The van der Waals surface area contributed by atoms with Crippen LogP contribution in [-0.4, -0.2) is 19.3 Å². The van der Waals surface area contributed by atoms with E-state index in [1.54, 1.807) is 0 Å². The first kappa shape index (κ1) is 15.8. The lowest BCUT2D eigenvalue weighted by molar-refractivity contribution is -0.137. The monoisotopic (exact) mass is 371 g/mol. The van der Waals surface area contributed by atoms with Gasteiger partial charge in [-0.1, -0.05) is 28.4 Å². The first-order chi connectivity index (χ1) is 9.20. The third-order valence-electron chi connectivity index (χ3n) is 3.21. The standard InChI is InChI=1S/C12H13BrF3NO2S/c13-10-5-2-6-11(10)17-20(18,19)9-4-1-3-8(7-9)12(14,15)16/h1,3-4,7,10-11,17H,2,5-6H2. The fourth-order valence-electron chi connectivity index (χ4n) is 2.15. The van der Waals surface area contributed by atoms with E-state index >= 15 is 0 Å². The van der Waals surface area contributed by atoms with Crippen molar-refractivity contribution in [1.82, 2.24) is 4.72 Å². The minimum Gasteiger partial charge on any atom is -0.207 e. The molecule has 0 heterocycles. The van der Waals surface area contributed by atoms with Crippen molar-refractivity contribution in [3.8, 4) is 0 Å². The Balaban J connectivity index is 2.25. The number of hydrogen-bond donors (Lipinski definition) is 1. The van der Waals surface area contributed by atoms with E-state index in [4.69, 9.17) is 0 Å². The summed E-state index contributed by atoms with van der Waals surface area (Å²) in [4.78, 5) is -0.345. The Kier molecular flexibility index (Phi) is 4.46. The lowest BCUT2D eigenvalue weighted by Gasteiger charge is -2.17. The second-order valence-electron chi connectivity index (χ2n) is 4.70. The van der Waals surface area contributed by atoms with E-state index in [0.29, 0.717) is 12.5 Å². The number of sulfonamides is 1. The zero-order valence-corrected chi connectivity index (χ0v) is 12.7. The Morgan fingerprint density at radius 2 is 1.95 bits per heavy atom. The summed E-state index contributed by atoms with van der Waals surface area (Å²) in [5.74, 6) is 0. The maximum atomic E-state index is 12.6. The van der Waals surface area contributed by atoms with Crippen molar-refractivity contribution in [2.45, 2.75) is 41.2 Å². The third-order valence-corrected chi connectivity index (χ3v) is 5.79. The Hall–Kier alpha value is -0.600. The average Bonchev–Trinajstić information content (AvgIpc) is 2.73. The minimum atomic E-state index is -4.56. The van der Waals surface area contributed by atoms with Crippen LogP contribution in [0.4, 0.5) is 13.2 Å². The molecular formula is C12H13BrF3NO2S. The van der Waals surface area contributed by atoms with Crippen molar-refractivity contribution < 1.29 is 21.6 Å². The van der Waals surface area contributed by atoms with Gasteiger partial charge in [0, 0.05) is 10.9 Å². The molecule has 20 heavy (non-hydrogen) atoms. The quantitative estimate of drug-likeness (QED) is 0.828. The summed E-state index contributed by atoms with van der Waals surface area (Å²) >= 11 is 3.37. The van der Waals surface area contributed by atoms with Crippen LogP contribution in [0.15, 0.2) is 29.2 Å². The highest BCUT2D eigenvalue weighted by molar-refractivity contribution is 9.09. The maximum absolute atomic E-state index is 12.6. The van der Waals surface area contributed by atoms with Gasteiger partial charge in [-0.2, -0.15) is 13.2 Å². The Morgan fingerprint density at radius 1 is 1.25 bits per heavy atom. The van der Waals surface area contributed by atoms with Gasteiger partial charge in [0.05, 0.1) is 10.5 Å². The van der Waals surface area contributed by atoms with Gasteiger partial charge in [0.2, 0.25) is 10.0 Å². The first-order valence-corrected chi connectivity index (χ1v) is 8.44. The maximum Gasteiger partial charge on any atom is 0.416 e. The molecule has 1 aliphatic carbocycles. The topological polar surface area (TPSA) is 46.2 Å². The van der Waals surface area contributed by atoms with Gasteiger partial charge in [-0.05, 0) is 31.0 Å². The van der Waals surface area contributed by atoms with Crippen LogP contribution in [0.25, 0.3) is 0 Å². The van der Waals surface area contributed by atoms with Crippen molar-refractivity contribution in [3.05, 3.63) is 29.8 Å². The predicted molar refractivity (Wildman–Crippen MR) is 72.1 cm³/mol. The number of nitrogens with one attached hydrogen (secondary N) is 1. The zero-order chi connectivity index (χ0) is 15.0. The van der Waals surface area contributed by atoms with E-state index in [9.17, 15) is 21.6 Å². The molecule has 0 spiro atoms. The summed E-state index contributed by atoms with van der Waals surface area (Å²) in [6.07, 6.45) is -2.16. The van der Waals surface area contributed by atoms with Gasteiger partial charge in [-0.25, -0.2) is 13.1 Å². The van der Waals surface area contributed by atoms with Crippen LogP contribution >= 0.6 is 15.9 Å². The second kappa shape index (κ2) is 5.65. The van der Waals surface area contributed by atoms with Crippen LogP contribution in [0, 0.1) is 0 Å². The summed E-state index contributed by atoms with van der Waals surface area (Å²) in [5.41, 5.74) is -0.970. The van der Waals surface area contributed by atoms with Gasteiger partial charge in [-0.15, -0.1) is 0 Å². The van der Waals surface area contributed by atoms with Crippen molar-refractivity contribution >= 4 is 26.0 Å². The molecule has 2 rings (SSSR count). The van der Waals surface area contributed by atoms with Crippen LogP contribution < -0.4 is 4.72 Å². The highest BCUT2D eigenvalue weighted by atomic mass is 79.9. The fourth-order valence-corrected chi connectivity index (χ4v) is 4.41. The SMILES string of the molecule is O=S(=O)(NC1CCCC1Br)c1cccc(C(F)(F)F)c1. The molecule has 0 aromatic heterocycles. The highest BCUT2D eigenvalue weighted by Crippen LogP contribution is 2.31. The Labute approximate surface area is 123 Å². The van der Waals surface area contributed by atoms with Crippen molar-refractivity contribution in [1.29, 1.82) is 0 Å². The molecule has 1 fully saturated rings. The summed E-state index contributed by atoms with van der Waals surface area (Å²) in [7, 11) is -3.94. The normalized spacial score (nSPS) is 24.0. The number of halogens is 4. The van der Waals surface area contributed by atoms with E-state index < -0.39 is 21.8 Å². The van der Waals surface area contributed by atoms with Crippen LogP contribution in [0.5, 0.6) is 0 Å². The molecule has 0 bridgehead atoms. The molecule has 0 saturated heterocycles. The average molecular weight is 372 g/mol. The van der Waals surface area contributed by atoms with E-state index in [2.05, 4.69) is 20.7 Å². The van der Waals surface area contributed by atoms with Gasteiger partial charge in [-0.3, -0.25) is 0 Å². The van der Waals surface area contributed by atoms with Crippen molar-refractivity contribution in [3.63, 3.8) is 0 Å². The molecule has 112 valence electrons. The molecular weight excluding hydrogens is 359 g/mol. The molecule has 2 atom stereocenters. The summed E-state index contributed by atoms with van der Waals surface area (Å²) in [6.45, 7) is 0. The molecule has 1 N–H and O–H groups in total. The number of alkyl halides is 4. The molecule has 1 aliphatic rings. The van der Waals surface area contributed by atoms with Crippen LogP contribution in [0.2, 0.25) is 0 Å². The third kappa shape index (κ3) is 3.53. The molecule has 0 radical (unpaired) electrons. The summed E-state index contributed by atoms with van der Waals surface area (Å²) < 4.78 is 64.5. The molecule has 0 aliphatic heterocycles. The van der Waals surface area contributed by atoms with Crippen LogP contribution in [-0.2, 0) is 16.2 Å². The Bertz CT molecular complexity index is 589. The smallest absolute Gasteiger partial charge is 0.207 e. The molecule has 1 aromatic carbocycles. The van der Waals surface area contributed by atoms with E-state index in [1.807, 2.05) is 0 Å². The highest BCUT2D eigenvalue weighted by Gasteiger charge is 2.33. The van der Waals surface area contributed by atoms with Crippen molar-refractivity contribution in [2.75, 3.05) is 0 Å². The Morgan fingerprint density at radius 3 is 2.50 bits per heavy atom. The van der Waals surface area contributed by atoms with Crippen molar-refractivity contribution in [2.24, 2.45) is 0 Å².